The highest BCUT2D eigenvalue weighted by Crippen LogP contribution is 2.30. The van der Waals surface area contributed by atoms with Crippen molar-refractivity contribution in [3.05, 3.63) is 60.0 Å². The van der Waals surface area contributed by atoms with Crippen molar-refractivity contribution >= 4 is 17.0 Å². The molecule has 1 fully saturated rings. The maximum absolute atomic E-state index is 12.5. The lowest BCUT2D eigenvalue weighted by atomic mass is 9.96. The Labute approximate surface area is 165 Å². The second-order valence-electron chi connectivity index (χ2n) is 7.44. The van der Waals surface area contributed by atoms with Crippen LogP contribution in [0.5, 0.6) is 5.75 Å². The van der Waals surface area contributed by atoms with E-state index in [0.717, 1.165) is 55.1 Å². The fourth-order valence-electron chi connectivity index (χ4n) is 3.72. The maximum atomic E-state index is 12.5. The third-order valence-corrected chi connectivity index (χ3v) is 5.30. The Morgan fingerprint density at radius 3 is 2.79 bits per heavy atom. The van der Waals surface area contributed by atoms with Crippen molar-refractivity contribution < 1.29 is 13.9 Å². The summed E-state index contributed by atoms with van der Waals surface area (Å²) in [6, 6.07) is 15.8. The number of hydrogen-bond donors (Lipinski definition) is 0. The molecular weight excluding hydrogens is 352 g/mol. The van der Waals surface area contributed by atoms with Gasteiger partial charge in [-0.25, -0.2) is 4.98 Å². The van der Waals surface area contributed by atoms with Gasteiger partial charge in [0, 0.05) is 25.4 Å². The summed E-state index contributed by atoms with van der Waals surface area (Å²) in [5, 5.41) is 0. The number of piperidine rings is 1. The molecule has 0 saturated carbocycles. The van der Waals surface area contributed by atoms with Gasteiger partial charge in [-0.05, 0) is 56.0 Å². The van der Waals surface area contributed by atoms with E-state index in [2.05, 4.69) is 4.98 Å². The smallest absolute Gasteiger partial charge is 0.222 e. The number of rotatable bonds is 6. The number of ether oxygens (including phenoxy) is 1. The van der Waals surface area contributed by atoms with E-state index >= 15 is 0 Å². The summed E-state index contributed by atoms with van der Waals surface area (Å²) in [6.07, 6.45) is 3.06. The molecule has 2 heterocycles. The van der Waals surface area contributed by atoms with Gasteiger partial charge in [0.1, 0.15) is 11.3 Å². The summed E-state index contributed by atoms with van der Waals surface area (Å²) < 4.78 is 11.6. The van der Waals surface area contributed by atoms with E-state index < -0.39 is 0 Å². The van der Waals surface area contributed by atoms with Gasteiger partial charge in [-0.2, -0.15) is 0 Å². The molecule has 146 valence electrons. The molecule has 1 saturated heterocycles. The molecular formula is C23H26N2O3. The van der Waals surface area contributed by atoms with Crippen LogP contribution >= 0.6 is 0 Å². The summed E-state index contributed by atoms with van der Waals surface area (Å²) in [5.74, 6) is 2.18. The summed E-state index contributed by atoms with van der Waals surface area (Å²) >= 11 is 0. The molecule has 1 amide bonds. The number of carbonyl (C=O) groups excluding carboxylic acids is 1. The minimum absolute atomic E-state index is 0.212. The zero-order valence-corrected chi connectivity index (χ0v) is 16.3. The Balaban J connectivity index is 1.21. The lowest BCUT2D eigenvalue weighted by Gasteiger charge is -2.30. The molecule has 0 aliphatic carbocycles. The van der Waals surface area contributed by atoms with Gasteiger partial charge in [0.2, 0.25) is 5.91 Å². The molecule has 0 unspecified atom stereocenters. The number of nitrogens with zero attached hydrogens (tertiary/aromatic N) is 2. The molecule has 3 aromatic rings. The Morgan fingerprint density at radius 2 is 2.00 bits per heavy atom. The zero-order chi connectivity index (χ0) is 19.3. The number of benzene rings is 2. The molecule has 0 radical (unpaired) electrons. The molecule has 0 spiro atoms. The lowest BCUT2D eigenvalue weighted by Crippen LogP contribution is -2.38. The predicted molar refractivity (Wildman–Crippen MR) is 108 cm³/mol. The number of fused-ring (bicyclic) bond motifs is 1. The lowest BCUT2D eigenvalue weighted by molar-refractivity contribution is -0.132. The van der Waals surface area contributed by atoms with Crippen molar-refractivity contribution in [3.8, 4) is 5.75 Å². The molecule has 2 aromatic carbocycles. The van der Waals surface area contributed by atoms with Crippen molar-refractivity contribution in [1.29, 1.82) is 0 Å². The maximum Gasteiger partial charge on any atom is 0.222 e. The van der Waals surface area contributed by atoms with Gasteiger partial charge < -0.3 is 14.1 Å². The average Bonchev–Trinajstić information content (AvgIpc) is 3.15. The molecule has 5 heteroatoms. The molecule has 1 aliphatic rings. The molecule has 4 rings (SSSR count). The minimum atomic E-state index is 0.212. The van der Waals surface area contributed by atoms with E-state index in [4.69, 9.17) is 9.15 Å². The molecule has 1 aromatic heterocycles. The van der Waals surface area contributed by atoms with Gasteiger partial charge in [-0.1, -0.05) is 24.3 Å². The number of likely N-dealkylation sites (tertiary alicyclic amines) is 1. The van der Waals surface area contributed by atoms with Crippen LogP contribution < -0.4 is 4.74 Å². The van der Waals surface area contributed by atoms with Crippen LogP contribution in [-0.2, 0) is 4.79 Å². The van der Waals surface area contributed by atoms with E-state index in [1.54, 1.807) is 0 Å². The van der Waals surface area contributed by atoms with E-state index in [-0.39, 0.29) is 5.91 Å². The third-order valence-electron chi connectivity index (χ3n) is 5.30. The van der Waals surface area contributed by atoms with Gasteiger partial charge in [0.15, 0.2) is 11.5 Å². The first-order valence-electron chi connectivity index (χ1n) is 10.0. The van der Waals surface area contributed by atoms with Crippen molar-refractivity contribution in [1.82, 2.24) is 9.88 Å². The zero-order valence-electron chi connectivity index (χ0n) is 16.3. The Hall–Kier alpha value is -2.82. The number of aromatic nitrogens is 1. The highest BCUT2D eigenvalue weighted by Gasteiger charge is 2.26. The number of amides is 1. The van der Waals surface area contributed by atoms with E-state index in [0.29, 0.717) is 18.9 Å². The third kappa shape index (κ3) is 4.35. The predicted octanol–water partition coefficient (Wildman–Crippen LogP) is 4.70. The molecule has 0 N–H and O–H groups in total. The number of carbonyl (C=O) groups is 1. The number of para-hydroxylation sites is 2. The Bertz CT molecular complexity index is 909. The molecule has 5 nitrogen and oxygen atoms in total. The molecule has 1 aliphatic heterocycles. The minimum Gasteiger partial charge on any atom is -0.494 e. The summed E-state index contributed by atoms with van der Waals surface area (Å²) in [5.41, 5.74) is 2.92. The second-order valence-corrected chi connectivity index (χ2v) is 7.44. The quantitative estimate of drug-likeness (QED) is 0.583. The highest BCUT2D eigenvalue weighted by molar-refractivity contribution is 5.76. The fraction of sp³-hybridized carbons (Fsp3) is 0.391. The monoisotopic (exact) mass is 378 g/mol. The van der Waals surface area contributed by atoms with Crippen LogP contribution in [-0.4, -0.2) is 35.5 Å². The summed E-state index contributed by atoms with van der Waals surface area (Å²) in [6.45, 7) is 4.14. The number of aryl methyl sites for hydroxylation is 1. The van der Waals surface area contributed by atoms with Crippen LogP contribution in [0.15, 0.2) is 52.9 Å². The Kier molecular flexibility index (Phi) is 5.60. The van der Waals surface area contributed by atoms with Gasteiger partial charge in [-0.3, -0.25) is 4.79 Å². The van der Waals surface area contributed by atoms with Crippen LogP contribution in [0.3, 0.4) is 0 Å². The standard InChI is InChI=1S/C23H26N2O3/c1-17-6-4-7-19(16-17)27-15-5-10-22(26)25-13-11-18(12-14-25)23-24-20-8-2-3-9-21(20)28-23/h2-4,6-9,16,18H,5,10-15H2,1H3. The second kappa shape index (κ2) is 8.46. The Morgan fingerprint density at radius 1 is 1.18 bits per heavy atom. The average molecular weight is 378 g/mol. The first-order valence-corrected chi connectivity index (χ1v) is 10.0. The molecule has 28 heavy (non-hydrogen) atoms. The van der Waals surface area contributed by atoms with Crippen LogP contribution in [0, 0.1) is 6.92 Å². The van der Waals surface area contributed by atoms with E-state index in [9.17, 15) is 4.79 Å². The van der Waals surface area contributed by atoms with Crippen LogP contribution in [0.4, 0.5) is 0 Å². The van der Waals surface area contributed by atoms with Gasteiger partial charge in [0.25, 0.3) is 0 Å². The molecule has 0 atom stereocenters. The van der Waals surface area contributed by atoms with Gasteiger partial charge >= 0.3 is 0 Å². The number of hydrogen-bond acceptors (Lipinski definition) is 4. The fourth-order valence-corrected chi connectivity index (χ4v) is 3.72. The van der Waals surface area contributed by atoms with Crippen LogP contribution in [0.25, 0.3) is 11.1 Å². The number of oxazole rings is 1. The topological polar surface area (TPSA) is 55.6 Å². The summed E-state index contributed by atoms with van der Waals surface area (Å²) in [4.78, 5) is 19.1. The van der Waals surface area contributed by atoms with Crippen molar-refractivity contribution in [2.24, 2.45) is 0 Å². The van der Waals surface area contributed by atoms with Gasteiger partial charge in [-0.15, -0.1) is 0 Å². The summed E-state index contributed by atoms with van der Waals surface area (Å²) in [7, 11) is 0. The highest BCUT2D eigenvalue weighted by atomic mass is 16.5. The van der Waals surface area contributed by atoms with Crippen molar-refractivity contribution in [3.63, 3.8) is 0 Å². The van der Waals surface area contributed by atoms with Crippen molar-refractivity contribution in [2.45, 2.75) is 38.5 Å². The first kappa shape index (κ1) is 18.5. The van der Waals surface area contributed by atoms with Crippen molar-refractivity contribution in [2.75, 3.05) is 19.7 Å². The van der Waals surface area contributed by atoms with Crippen LogP contribution in [0.1, 0.15) is 43.1 Å². The largest absolute Gasteiger partial charge is 0.494 e. The van der Waals surface area contributed by atoms with Gasteiger partial charge in [0.05, 0.1) is 6.61 Å². The normalized spacial score (nSPS) is 15.1. The van der Waals surface area contributed by atoms with E-state index in [1.807, 2.05) is 60.4 Å². The molecule has 0 bridgehead atoms. The van der Waals surface area contributed by atoms with E-state index in [1.165, 1.54) is 5.56 Å². The van der Waals surface area contributed by atoms with Crippen LogP contribution in [0.2, 0.25) is 0 Å². The SMILES string of the molecule is Cc1cccc(OCCCC(=O)N2CCC(c3nc4ccccc4o3)CC2)c1. The first-order chi connectivity index (χ1) is 13.7.